The fraction of sp³-hybridized carbons (Fsp3) is 0.467. The number of rotatable bonds is 3. The van der Waals surface area contributed by atoms with Gasteiger partial charge in [-0.25, -0.2) is 4.79 Å². The second-order valence-electron chi connectivity index (χ2n) is 5.44. The van der Waals surface area contributed by atoms with Gasteiger partial charge in [0.05, 0.1) is 0 Å². The molecule has 0 saturated carbocycles. The summed E-state index contributed by atoms with van der Waals surface area (Å²) in [6, 6.07) is 6.90. The molecule has 3 N–H and O–H groups in total. The molecule has 0 radical (unpaired) electrons. The average molecular weight is 327 g/mol. The molecule has 7 heteroatoms. The van der Waals surface area contributed by atoms with Crippen molar-refractivity contribution in [2.45, 2.75) is 18.9 Å². The minimum atomic E-state index is -0.222. The summed E-state index contributed by atoms with van der Waals surface area (Å²) in [5, 5.41) is 2.74. The third kappa shape index (κ3) is 4.11. The summed E-state index contributed by atoms with van der Waals surface area (Å²) in [6.45, 7) is 1.23. The molecule has 6 nitrogen and oxygen atoms in total. The SMILES string of the molecule is CN(C)C(=O)Nc1cccc(C(=O)N2CCCC2CN)c1.Cl. The molecule has 1 saturated heterocycles. The van der Waals surface area contributed by atoms with Crippen LogP contribution >= 0.6 is 12.4 Å². The van der Waals surface area contributed by atoms with E-state index in [4.69, 9.17) is 5.73 Å². The van der Waals surface area contributed by atoms with Gasteiger partial charge in [-0.3, -0.25) is 4.79 Å². The molecule has 3 amide bonds. The van der Waals surface area contributed by atoms with Crippen LogP contribution in [0.25, 0.3) is 0 Å². The Morgan fingerprint density at radius 1 is 1.41 bits per heavy atom. The summed E-state index contributed by atoms with van der Waals surface area (Å²) in [4.78, 5) is 27.5. The van der Waals surface area contributed by atoms with E-state index in [1.807, 2.05) is 4.90 Å². The minimum Gasteiger partial charge on any atom is -0.334 e. The van der Waals surface area contributed by atoms with Crippen molar-refractivity contribution in [1.29, 1.82) is 0 Å². The summed E-state index contributed by atoms with van der Waals surface area (Å²) in [5.74, 6) is -0.0242. The normalized spacial score (nSPS) is 16.9. The van der Waals surface area contributed by atoms with E-state index in [1.165, 1.54) is 4.90 Å². The maximum Gasteiger partial charge on any atom is 0.321 e. The summed E-state index contributed by atoms with van der Waals surface area (Å²) >= 11 is 0. The summed E-state index contributed by atoms with van der Waals surface area (Å²) in [6.07, 6.45) is 1.95. The number of halogens is 1. The first-order chi connectivity index (χ1) is 10.0. The van der Waals surface area contributed by atoms with Crippen molar-refractivity contribution in [3.8, 4) is 0 Å². The lowest BCUT2D eigenvalue weighted by Crippen LogP contribution is -2.39. The molecule has 0 aromatic heterocycles. The first-order valence-corrected chi connectivity index (χ1v) is 7.12. The largest absolute Gasteiger partial charge is 0.334 e. The Hall–Kier alpha value is -1.79. The highest BCUT2D eigenvalue weighted by atomic mass is 35.5. The van der Waals surface area contributed by atoms with Gasteiger partial charge >= 0.3 is 6.03 Å². The number of amides is 3. The van der Waals surface area contributed by atoms with Crippen molar-refractivity contribution < 1.29 is 9.59 Å². The van der Waals surface area contributed by atoms with Gasteiger partial charge in [0.25, 0.3) is 5.91 Å². The monoisotopic (exact) mass is 326 g/mol. The number of urea groups is 1. The first-order valence-electron chi connectivity index (χ1n) is 7.12. The molecule has 1 fully saturated rings. The Labute approximate surface area is 137 Å². The number of benzene rings is 1. The van der Waals surface area contributed by atoms with Crippen molar-refractivity contribution >= 4 is 30.0 Å². The zero-order chi connectivity index (χ0) is 15.4. The number of carbonyl (C=O) groups excluding carboxylic acids is 2. The molecule has 1 aromatic rings. The number of hydrogen-bond acceptors (Lipinski definition) is 3. The topological polar surface area (TPSA) is 78.7 Å². The zero-order valence-electron chi connectivity index (χ0n) is 12.9. The molecule has 0 spiro atoms. The van der Waals surface area contributed by atoms with Crippen molar-refractivity contribution in [3.05, 3.63) is 29.8 Å². The predicted molar refractivity (Wildman–Crippen MR) is 89.5 cm³/mol. The Balaban J connectivity index is 0.00000242. The second-order valence-corrected chi connectivity index (χ2v) is 5.44. The number of anilines is 1. The quantitative estimate of drug-likeness (QED) is 0.888. The van der Waals surface area contributed by atoms with E-state index in [1.54, 1.807) is 38.4 Å². The highest BCUT2D eigenvalue weighted by Gasteiger charge is 2.28. The molecular weight excluding hydrogens is 304 g/mol. The van der Waals surface area contributed by atoms with Crippen LogP contribution in [-0.2, 0) is 0 Å². The van der Waals surface area contributed by atoms with Gasteiger partial charge < -0.3 is 20.9 Å². The molecule has 1 atom stereocenters. The van der Waals surface area contributed by atoms with Crippen LogP contribution in [0.5, 0.6) is 0 Å². The number of nitrogens with one attached hydrogen (secondary N) is 1. The van der Waals surface area contributed by atoms with Gasteiger partial charge in [0.15, 0.2) is 0 Å². The Morgan fingerprint density at radius 2 is 2.14 bits per heavy atom. The number of carbonyl (C=O) groups is 2. The molecule has 1 aromatic carbocycles. The van der Waals surface area contributed by atoms with Gasteiger partial charge in [0.2, 0.25) is 0 Å². The molecular formula is C15H23ClN4O2. The lowest BCUT2D eigenvalue weighted by Gasteiger charge is -2.23. The van der Waals surface area contributed by atoms with Gasteiger partial charge in [-0.1, -0.05) is 6.07 Å². The van der Waals surface area contributed by atoms with Crippen LogP contribution in [0.2, 0.25) is 0 Å². The average Bonchev–Trinajstić information content (AvgIpc) is 2.95. The van der Waals surface area contributed by atoms with Crippen molar-refractivity contribution in [1.82, 2.24) is 9.80 Å². The lowest BCUT2D eigenvalue weighted by atomic mass is 10.1. The summed E-state index contributed by atoms with van der Waals surface area (Å²) in [7, 11) is 3.33. The third-order valence-corrected chi connectivity index (χ3v) is 3.68. The van der Waals surface area contributed by atoms with Crippen LogP contribution in [-0.4, -0.2) is 55.0 Å². The van der Waals surface area contributed by atoms with Gasteiger partial charge in [-0.05, 0) is 31.0 Å². The fourth-order valence-electron chi connectivity index (χ4n) is 2.48. The summed E-state index contributed by atoms with van der Waals surface area (Å²) < 4.78 is 0. The minimum absolute atomic E-state index is 0. The molecule has 122 valence electrons. The highest BCUT2D eigenvalue weighted by Crippen LogP contribution is 2.20. The van der Waals surface area contributed by atoms with Crippen LogP contribution in [0.15, 0.2) is 24.3 Å². The van der Waals surface area contributed by atoms with Gasteiger partial charge in [-0.15, -0.1) is 12.4 Å². The number of nitrogens with two attached hydrogens (primary N) is 1. The molecule has 0 aliphatic carbocycles. The van der Waals surface area contributed by atoms with E-state index < -0.39 is 0 Å². The van der Waals surface area contributed by atoms with E-state index in [0.717, 1.165) is 19.4 Å². The molecule has 22 heavy (non-hydrogen) atoms. The van der Waals surface area contributed by atoms with Crippen molar-refractivity contribution in [2.75, 3.05) is 32.5 Å². The second kappa shape index (κ2) is 8.00. The molecule has 1 heterocycles. The summed E-state index contributed by atoms with van der Waals surface area (Å²) in [5.41, 5.74) is 6.90. The molecule has 1 aliphatic rings. The number of hydrogen-bond donors (Lipinski definition) is 2. The van der Waals surface area contributed by atoms with Crippen LogP contribution in [0.4, 0.5) is 10.5 Å². The van der Waals surface area contributed by atoms with Crippen LogP contribution < -0.4 is 11.1 Å². The highest BCUT2D eigenvalue weighted by molar-refractivity contribution is 5.97. The van der Waals surface area contributed by atoms with E-state index in [2.05, 4.69) is 5.32 Å². The smallest absolute Gasteiger partial charge is 0.321 e. The molecule has 1 aliphatic heterocycles. The Kier molecular flexibility index (Phi) is 6.64. The van der Waals surface area contributed by atoms with Crippen LogP contribution in [0.1, 0.15) is 23.2 Å². The van der Waals surface area contributed by atoms with Crippen LogP contribution in [0, 0.1) is 0 Å². The molecule has 2 rings (SSSR count). The van der Waals surface area contributed by atoms with E-state index in [0.29, 0.717) is 17.8 Å². The standard InChI is InChI=1S/C15H22N4O2.ClH/c1-18(2)15(21)17-12-6-3-5-11(9-12)14(20)19-8-4-7-13(19)10-16;/h3,5-6,9,13H,4,7-8,10,16H2,1-2H3,(H,17,21);1H. The van der Waals surface area contributed by atoms with Gasteiger partial charge in [0, 0.05) is 44.5 Å². The van der Waals surface area contributed by atoms with Crippen LogP contribution in [0.3, 0.4) is 0 Å². The van der Waals surface area contributed by atoms with Crippen molar-refractivity contribution in [2.24, 2.45) is 5.73 Å². The van der Waals surface area contributed by atoms with Gasteiger partial charge in [0.1, 0.15) is 0 Å². The number of nitrogens with zero attached hydrogens (tertiary/aromatic N) is 2. The first kappa shape index (κ1) is 18.3. The third-order valence-electron chi connectivity index (χ3n) is 3.68. The number of likely N-dealkylation sites (tertiary alicyclic amines) is 1. The van der Waals surface area contributed by atoms with E-state index >= 15 is 0 Å². The van der Waals surface area contributed by atoms with E-state index in [-0.39, 0.29) is 30.4 Å². The Morgan fingerprint density at radius 3 is 2.77 bits per heavy atom. The zero-order valence-corrected chi connectivity index (χ0v) is 13.7. The maximum absolute atomic E-state index is 12.5. The fourth-order valence-corrected chi connectivity index (χ4v) is 2.48. The predicted octanol–water partition coefficient (Wildman–Crippen LogP) is 1.77. The van der Waals surface area contributed by atoms with Gasteiger partial charge in [-0.2, -0.15) is 0 Å². The molecule has 1 unspecified atom stereocenters. The van der Waals surface area contributed by atoms with Crippen molar-refractivity contribution in [3.63, 3.8) is 0 Å². The lowest BCUT2D eigenvalue weighted by molar-refractivity contribution is 0.0741. The molecule has 0 bridgehead atoms. The maximum atomic E-state index is 12.5. The van der Waals surface area contributed by atoms with E-state index in [9.17, 15) is 9.59 Å². The Bertz CT molecular complexity index is 536.